The fourth-order valence-corrected chi connectivity index (χ4v) is 8.71. The molecule has 2 aliphatic rings. The lowest BCUT2D eigenvalue weighted by Crippen LogP contribution is -2.04. The van der Waals surface area contributed by atoms with Crippen LogP contribution in [0.1, 0.15) is 36.1 Å². The van der Waals surface area contributed by atoms with Crippen molar-refractivity contribution in [2.24, 2.45) is 0 Å². The minimum absolute atomic E-state index is 0.672. The van der Waals surface area contributed by atoms with E-state index in [0.717, 1.165) is 64.3 Å². The fourth-order valence-electron chi connectivity index (χ4n) is 8.71. The van der Waals surface area contributed by atoms with E-state index in [1.165, 1.54) is 55.1 Å². The molecule has 3 heterocycles. The molecule has 0 fully saturated rings. The Kier molecular flexibility index (Phi) is 6.47. The first-order valence-electron chi connectivity index (χ1n) is 18.3. The van der Waals surface area contributed by atoms with Crippen LogP contribution in [0.25, 0.3) is 88.9 Å². The van der Waals surface area contributed by atoms with Crippen molar-refractivity contribution in [2.75, 3.05) is 0 Å². The predicted octanol–water partition coefficient (Wildman–Crippen LogP) is 12.2. The average molecular weight is 667 g/mol. The van der Waals surface area contributed by atoms with Crippen LogP contribution < -0.4 is 0 Å². The van der Waals surface area contributed by atoms with Crippen molar-refractivity contribution in [3.63, 3.8) is 0 Å². The van der Waals surface area contributed by atoms with Crippen LogP contribution in [0.15, 0.2) is 152 Å². The minimum Gasteiger partial charge on any atom is -0.309 e. The second kappa shape index (κ2) is 11.5. The summed E-state index contributed by atoms with van der Waals surface area (Å²) in [6, 6.07) is 46.2. The van der Waals surface area contributed by atoms with Crippen LogP contribution in [0, 0.1) is 0 Å². The molecule has 3 aromatic heterocycles. The predicted molar refractivity (Wildman–Crippen MR) is 217 cm³/mol. The SMILES string of the molecule is C1=CCCC(c2ccc(-c3nc(-n4c5ccccc5c5c(-n6c7c(c8ccccc86)CCC=C7)cccc54)nc4c3ccc3ccccc34)cc2)=C1. The van der Waals surface area contributed by atoms with Gasteiger partial charge in [0.15, 0.2) is 0 Å². The molecule has 52 heavy (non-hydrogen) atoms. The summed E-state index contributed by atoms with van der Waals surface area (Å²) < 4.78 is 4.75. The van der Waals surface area contributed by atoms with Gasteiger partial charge in [-0.15, -0.1) is 0 Å². The van der Waals surface area contributed by atoms with E-state index in [0.29, 0.717) is 5.95 Å². The Balaban J connectivity index is 1.20. The largest absolute Gasteiger partial charge is 0.309 e. The van der Waals surface area contributed by atoms with Gasteiger partial charge in [0, 0.05) is 38.2 Å². The van der Waals surface area contributed by atoms with Gasteiger partial charge in [0.2, 0.25) is 5.95 Å². The number of allylic oxidation sites excluding steroid dienone is 5. The number of rotatable bonds is 4. The molecule has 0 radical (unpaired) electrons. The van der Waals surface area contributed by atoms with Crippen LogP contribution >= 0.6 is 0 Å². The normalized spacial score (nSPS) is 14.2. The second-order valence-corrected chi connectivity index (χ2v) is 14.0. The summed E-state index contributed by atoms with van der Waals surface area (Å²) in [5.74, 6) is 0.672. The topological polar surface area (TPSA) is 35.6 Å². The molecule has 246 valence electrons. The van der Waals surface area contributed by atoms with Crippen LogP contribution in [0.5, 0.6) is 0 Å². The Hall–Kier alpha value is -6.52. The summed E-state index contributed by atoms with van der Waals surface area (Å²) in [7, 11) is 0. The number of benzene rings is 6. The number of nitrogens with zero attached hydrogens (tertiary/aromatic N) is 4. The van der Waals surface area contributed by atoms with Gasteiger partial charge in [0.1, 0.15) is 0 Å². The lowest BCUT2D eigenvalue weighted by molar-refractivity contribution is 0.969. The summed E-state index contributed by atoms with van der Waals surface area (Å²) in [5, 5.41) is 7.05. The zero-order valence-corrected chi connectivity index (χ0v) is 28.6. The van der Waals surface area contributed by atoms with Crippen molar-refractivity contribution in [1.82, 2.24) is 19.1 Å². The van der Waals surface area contributed by atoms with Crippen molar-refractivity contribution >= 4 is 66.0 Å². The van der Waals surface area contributed by atoms with Crippen molar-refractivity contribution < 1.29 is 0 Å². The second-order valence-electron chi connectivity index (χ2n) is 14.0. The van der Waals surface area contributed by atoms with Crippen LogP contribution in [0.2, 0.25) is 0 Å². The quantitative estimate of drug-likeness (QED) is 0.175. The Morgan fingerprint density at radius 2 is 1.25 bits per heavy atom. The third-order valence-electron chi connectivity index (χ3n) is 11.1. The van der Waals surface area contributed by atoms with Gasteiger partial charge in [-0.3, -0.25) is 4.57 Å². The molecular weight excluding hydrogens is 633 g/mol. The van der Waals surface area contributed by atoms with E-state index in [4.69, 9.17) is 9.97 Å². The standard InChI is InChI=1S/C48H34N4/c1-2-13-31(14-3-1)32-25-27-34(28-26-32)46-39-30-29-33-15-4-5-16-35(33)47(39)50-48(49-46)52-42-22-11-8-19-38(42)45-43(23-12-24-44(45)52)51-40-20-9-6-17-36(40)37-18-7-10-21-41(37)51/h1-2,4-6,8-13,15-17,19-30H,3,7,14,18H2. The molecule has 0 saturated heterocycles. The molecule has 0 aliphatic heterocycles. The maximum absolute atomic E-state index is 5.48. The summed E-state index contributed by atoms with van der Waals surface area (Å²) in [4.78, 5) is 10.9. The van der Waals surface area contributed by atoms with Crippen molar-refractivity contribution in [3.05, 3.63) is 169 Å². The maximum Gasteiger partial charge on any atom is 0.235 e. The summed E-state index contributed by atoms with van der Waals surface area (Å²) in [6.07, 6.45) is 15.5. The molecule has 0 unspecified atom stereocenters. The van der Waals surface area contributed by atoms with E-state index in [1.54, 1.807) is 0 Å². The Labute approximate surface area is 301 Å². The number of para-hydroxylation sites is 2. The molecule has 11 rings (SSSR count). The van der Waals surface area contributed by atoms with Crippen molar-refractivity contribution in [2.45, 2.75) is 25.7 Å². The molecule has 9 aromatic rings. The van der Waals surface area contributed by atoms with Gasteiger partial charge in [-0.05, 0) is 84.2 Å². The van der Waals surface area contributed by atoms with Gasteiger partial charge < -0.3 is 4.57 Å². The highest BCUT2D eigenvalue weighted by molar-refractivity contribution is 6.14. The minimum atomic E-state index is 0.672. The molecule has 0 saturated carbocycles. The third kappa shape index (κ3) is 4.34. The number of aromatic nitrogens is 4. The zero-order valence-electron chi connectivity index (χ0n) is 28.6. The van der Waals surface area contributed by atoms with E-state index in [9.17, 15) is 0 Å². The monoisotopic (exact) mass is 666 g/mol. The van der Waals surface area contributed by atoms with Gasteiger partial charge >= 0.3 is 0 Å². The molecule has 0 amide bonds. The van der Waals surface area contributed by atoms with Gasteiger partial charge in [-0.1, -0.05) is 121 Å². The molecular formula is C48H34N4. The van der Waals surface area contributed by atoms with Gasteiger partial charge in [-0.25, -0.2) is 9.97 Å². The third-order valence-corrected chi connectivity index (χ3v) is 11.1. The number of fused-ring (bicyclic) bond motifs is 9. The van der Waals surface area contributed by atoms with E-state index in [-0.39, 0.29) is 0 Å². The highest BCUT2D eigenvalue weighted by atomic mass is 15.2. The van der Waals surface area contributed by atoms with E-state index in [1.807, 2.05) is 0 Å². The van der Waals surface area contributed by atoms with Crippen molar-refractivity contribution in [1.29, 1.82) is 0 Å². The molecule has 0 N–H and O–H groups in total. The zero-order chi connectivity index (χ0) is 34.2. The van der Waals surface area contributed by atoms with Gasteiger partial charge in [0.25, 0.3) is 0 Å². The maximum atomic E-state index is 5.48. The summed E-state index contributed by atoms with van der Waals surface area (Å²) >= 11 is 0. The molecule has 0 spiro atoms. The molecule has 0 bridgehead atoms. The Morgan fingerprint density at radius 3 is 2.10 bits per heavy atom. The smallest absolute Gasteiger partial charge is 0.235 e. The van der Waals surface area contributed by atoms with Gasteiger partial charge in [-0.2, -0.15) is 0 Å². The summed E-state index contributed by atoms with van der Waals surface area (Å²) in [5.41, 5.74) is 12.9. The first-order chi connectivity index (χ1) is 25.8. The number of hydrogen-bond acceptors (Lipinski definition) is 2. The first kappa shape index (κ1) is 29.2. The van der Waals surface area contributed by atoms with Crippen molar-refractivity contribution in [3.8, 4) is 22.9 Å². The van der Waals surface area contributed by atoms with Crippen LogP contribution in [-0.2, 0) is 6.42 Å². The molecule has 4 heteroatoms. The Morgan fingerprint density at radius 1 is 0.519 bits per heavy atom. The van der Waals surface area contributed by atoms with Crippen LogP contribution in [-0.4, -0.2) is 19.1 Å². The number of aryl methyl sites for hydroxylation is 1. The Bertz CT molecular complexity index is 3000. The molecule has 0 atom stereocenters. The first-order valence-corrected chi connectivity index (χ1v) is 18.3. The van der Waals surface area contributed by atoms with E-state index >= 15 is 0 Å². The van der Waals surface area contributed by atoms with Crippen LogP contribution in [0.4, 0.5) is 0 Å². The van der Waals surface area contributed by atoms with Gasteiger partial charge in [0.05, 0.1) is 33.4 Å². The van der Waals surface area contributed by atoms with Crippen LogP contribution in [0.3, 0.4) is 0 Å². The summed E-state index contributed by atoms with van der Waals surface area (Å²) in [6.45, 7) is 0. The van der Waals surface area contributed by atoms with E-state index < -0.39 is 0 Å². The fraction of sp³-hybridized carbons (Fsp3) is 0.0833. The lowest BCUT2D eigenvalue weighted by atomic mass is 9.95. The lowest BCUT2D eigenvalue weighted by Gasteiger charge is -2.15. The average Bonchev–Trinajstić information content (AvgIpc) is 3.74. The highest BCUT2D eigenvalue weighted by Gasteiger charge is 2.24. The highest BCUT2D eigenvalue weighted by Crippen LogP contribution is 2.41. The number of hydrogen-bond donors (Lipinski definition) is 0. The molecule has 6 aromatic carbocycles. The van der Waals surface area contributed by atoms with E-state index in [2.05, 4.69) is 167 Å². The molecule has 4 nitrogen and oxygen atoms in total. The molecule has 2 aliphatic carbocycles.